The predicted octanol–water partition coefficient (Wildman–Crippen LogP) is 1.70. The molecule has 1 atom stereocenters. The van der Waals surface area contributed by atoms with Crippen molar-refractivity contribution in [3.05, 3.63) is 16.1 Å². The van der Waals surface area contributed by atoms with E-state index in [1.165, 1.54) is 50.0 Å². The average molecular weight is 294 g/mol. The van der Waals surface area contributed by atoms with Crippen molar-refractivity contribution in [2.24, 2.45) is 0 Å². The average Bonchev–Trinajstić information content (AvgIpc) is 2.87. The second-order valence-electron chi connectivity index (χ2n) is 6.51. The zero-order valence-corrected chi connectivity index (χ0v) is 13.7. The van der Waals surface area contributed by atoms with E-state index in [9.17, 15) is 0 Å². The van der Waals surface area contributed by atoms with Gasteiger partial charge in [-0.25, -0.2) is 4.98 Å². The minimum absolute atomic E-state index is 0.545. The van der Waals surface area contributed by atoms with Crippen molar-refractivity contribution < 1.29 is 0 Å². The van der Waals surface area contributed by atoms with E-state index in [2.05, 4.69) is 41.0 Å². The standard InChI is InChI=1S/C15H26N4S/c1-12(2)14-11-20-15(16-14)10-18-5-7-19-6-4-17(3)8-13(19)9-18/h11-13H,4-10H2,1-3H3. The normalized spacial score (nSPS) is 26.1. The van der Waals surface area contributed by atoms with Crippen molar-refractivity contribution in [2.45, 2.75) is 32.4 Å². The van der Waals surface area contributed by atoms with E-state index in [1.807, 2.05) is 11.3 Å². The lowest BCUT2D eigenvalue weighted by molar-refractivity contribution is 0.0175. The fourth-order valence-corrected chi connectivity index (χ4v) is 4.17. The Balaban J connectivity index is 1.58. The molecule has 5 heteroatoms. The Hall–Kier alpha value is -0.490. The van der Waals surface area contributed by atoms with Gasteiger partial charge in [0, 0.05) is 50.7 Å². The van der Waals surface area contributed by atoms with Gasteiger partial charge in [-0.05, 0) is 13.0 Å². The quantitative estimate of drug-likeness (QED) is 0.846. The molecule has 4 nitrogen and oxygen atoms in total. The first-order chi connectivity index (χ1) is 9.61. The molecule has 2 aliphatic heterocycles. The largest absolute Gasteiger partial charge is 0.303 e. The topological polar surface area (TPSA) is 22.6 Å². The van der Waals surface area contributed by atoms with Gasteiger partial charge in [0.05, 0.1) is 12.2 Å². The van der Waals surface area contributed by atoms with Gasteiger partial charge in [0.15, 0.2) is 0 Å². The van der Waals surface area contributed by atoms with Crippen molar-refractivity contribution in [2.75, 3.05) is 46.3 Å². The molecule has 3 heterocycles. The van der Waals surface area contributed by atoms with Gasteiger partial charge >= 0.3 is 0 Å². The first-order valence-electron chi connectivity index (χ1n) is 7.71. The summed E-state index contributed by atoms with van der Waals surface area (Å²) in [6.45, 7) is 12.8. The summed E-state index contributed by atoms with van der Waals surface area (Å²) >= 11 is 1.82. The minimum Gasteiger partial charge on any atom is -0.303 e. The van der Waals surface area contributed by atoms with E-state index in [0.717, 1.165) is 6.54 Å². The van der Waals surface area contributed by atoms with Gasteiger partial charge in [0.1, 0.15) is 5.01 Å². The maximum absolute atomic E-state index is 4.78. The van der Waals surface area contributed by atoms with Crippen molar-refractivity contribution in [1.29, 1.82) is 0 Å². The molecule has 0 amide bonds. The summed E-state index contributed by atoms with van der Waals surface area (Å²) in [7, 11) is 2.24. The van der Waals surface area contributed by atoms with Crippen molar-refractivity contribution >= 4 is 11.3 Å². The van der Waals surface area contributed by atoms with Crippen LogP contribution in [0.25, 0.3) is 0 Å². The first kappa shape index (κ1) is 14.4. The van der Waals surface area contributed by atoms with Crippen LogP contribution in [0.4, 0.5) is 0 Å². The summed E-state index contributed by atoms with van der Waals surface area (Å²) in [5.41, 5.74) is 1.25. The highest BCUT2D eigenvalue weighted by atomic mass is 32.1. The second kappa shape index (κ2) is 6.10. The van der Waals surface area contributed by atoms with Crippen LogP contribution >= 0.6 is 11.3 Å². The van der Waals surface area contributed by atoms with Gasteiger partial charge in [-0.3, -0.25) is 9.80 Å². The zero-order valence-electron chi connectivity index (χ0n) is 12.9. The van der Waals surface area contributed by atoms with Crippen LogP contribution in [0, 0.1) is 0 Å². The third-order valence-electron chi connectivity index (χ3n) is 4.50. The molecule has 112 valence electrons. The monoisotopic (exact) mass is 294 g/mol. The van der Waals surface area contributed by atoms with Crippen molar-refractivity contribution in [3.8, 4) is 0 Å². The van der Waals surface area contributed by atoms with Gasteiger partial charge in [0.2, 0.25) is 0 Å². The molecule has 0 aliphatic carbocycles. The Morgan fingerprint density at radius 3 is 2.80 bits per heavy atom. The van der Waals surface area contributed by atoms with Crippen LogP contribution < -0.4 is 0 Å². The van der Waals surface area contributed by atoms with E-state index in [1.54, 1.807) is 0 Å². The van der Waals surface area contributed by atoms with Crippen LogP contribution in [0.1, 0.15) is 30.5 Å². The third kappa shape index (κ3) is 3.22. The highest BCUT2D eigenvalue weighted by molar-refractivity contribution is 7.09. The number of thiazole rings is 1. The van der Waals surface area contributed by atoms with E-state index >= 15 is 0 Å². The number of nitrogens with zero attached hydrogens (tertiary/aromatic N) is 4. The SMILES string of the molecule is CC(C)c1csc(CN2CCN3CCN(C)CC3C2)n1. The fourth-order valence-electron chi connectivity index (χ4n) is 3.17. The maximum atomic E-state index is 4.78. The molecule has 0 N–H and O–H groups in total. The van der Waals surface area contributed by atoms with Crippen molar-refractivity contribution in [3.63, 3.8) is 0 Å². The second-order valence-corrected chi connectivity index (χ2v) is 7.45. The summed E-state index contributed by atoms with van der Waals surface area (Å²) in [6.07, 6.45) is 0. The molecule has 2 saturated heterocycles. The van der Waals surface area contributed by atoms with Crippen molar-refractivity contribution in [1.82, 2.24) is 19.7 Å². The molecule has 1 aromatic heterocycles. The van der Waals surface area contributed by atoms with Gasteiger partial charge in [-0.1, -0.05) is 13.8 Å². The van der Waals surface area contributed by atoms with Crippen LogP contribution in [-0.4, -0.2) is 72.0 Å². The van der Waals surface area contributed by atoms with Gasteiger partial charge < -0.3 is 4.90 Å². The molecule has 1 aromatic rings. The van der Waals surface area contributed by atoms with Gasteiger partial charge in [-0.2, -0.15) is 0 Å². The lowest BCUT2D eigenvalue weighted by Crippen LogP contribution is -2.61. The summed E-state index contributed by atoms with van der Waals surface area (Å²) in [6, 6.07) is 0.715. The van der Waals surface area contributed by atoms with Crippen LogP contribution in [0.2, 0.25) is 0 Å². The lowest BCUT2D eigenvalue weighted by atomic mass is 10.1. The number of fused-ring (bicyclic) bond motifs is 1. The summed E-state index contributed by atoms with van der Waals surface area (Å²) in [5.74, 6) is 0.545. The summed E-state index contributed by atoms with van der Waals surface area (Å²) in [5, 5.41) is 3.51. The highest BCUT2D eigenvalue weighted by Gasteiger charge is 2.30. The lowest BCUT2D eigenvalue weighted by Gasteiger charge is -2.46. The van der Waals surface area contributed by atoms with Crippen LogP contribution in [0.3, 0.4) is 0 Å². The highest BCUT2D eigenvalue weighted by Crippen LogP contribution is 2.21. The number of likely N-dealkylation sites (N-methyl/N-ethyl adjacent to an activating group) is 1. The Bertz CT molecular complexity index is 445. The molecule has 0 radical (unpaired) electrons. The smallest absolute Gasteiger partial charge is 0.107 e. The Morgan fingerprint density at radius 2 is 2.05 bits per heavy atom. The number of aromatic nitrogens is 1. The fraction of sp³-hybridized carbons (Fsp3) is 0.800. The summed E-state index contributed by atoms with van der Waals surface area (Å²) in [4.78, 5) is 12.5. The Labute approximate surface area is 126 Å². The van der Waals surface area contributed by atoms with Gasteiger partial charge in [0.25, 0.3) is 0 Å². The molecule has 0 spiro atoms. The Morgan fingerprint density at radius 1 is 1.25 bits per heavy atom. The van der Waals surface area contributed by atoms with E-state index in [4.69, 9.17) is 4.98 Å². The molecule has 2 aliphatic rings. The van der Waals surface area contributed by atoms with Gasteiger partial charge in [-0.15, -0.1) is 11.3 Å². The maximum Gasteiger partial charge on any atom is 0.107 e. The molecule has 0 saturated carbocycles. The Kier molecular flexibility index (Phi) is 4.40. The molecular formula is C15H26N4S. The number of piperazine rings is 2. The molecule has 20 heavy (non-hydrogen) atoms. The van der Waals surface area contributed by atoms with E-state index in [0.29, 0.717) is 12.0 Å². The molecule has 0 bridgehead atoms. The minimum atomic E-state index is 0.545. The zero-order chi connectivity index (χ0) is 14.1. The molecular weight excluding hydrogens is 268 g/mol. The van der Waals surface area contributed by atoms with Crippen LogP contribution in [-0.2, 0) is 6.54 Å². The third-order valence-corrected chi connectivity index (χ3v) is 5.35. The molecule has 3 rings (SSSR count). The van der Waals surface area contributed by atoms with E-state index < -0.39 is 0 Å². The number of hydrogen-bond donors (Lipinski definition) is 0. The molecule has 2 fully saturated rings. The summed E-state index contributed by atoms with van der Waals surface area (Å²) < 4.78 is 0. The number of rotatable bonds is 3. The predicted molar refractivity (Wildman–Crippen MR) is 84.3 cm³/mol. The first-order valence-corrected chi connectivity index (χ1v) is 8.59. The molecule has 1 unspecified atom stereocenters. The number of hydrogen-bond acceptors (Lipinski definition) is 5. The van der Waals surface area contributed by atoms with Crippen LogP contribution in [0.15, 0.2) is 5.38 Å². The molecule has 0 aromatic carbocycles. The van der Waals surface area contributed by atoms with E-state index in [-0.39, 0.29) is 0 Å². The van der Waals surface area contributed by atoms with Crippen LogP contribution in [0.5, 0.6) is 0 Å².